The van der Waals surface area contributed by atoms with E-state index in [1.807, 2.05) is 0 Å². The molecule has 1 aliphatic heterocycles. The molecule has 138 valence electrons. The number of nitrogen functional groups attached to an aromatic ring is 1. The molecule has 2 aromatic heterocycles. The third-order valence-electron chi connectivity index (χ3n) is 3.47. The van der Waals surface area contributed by atoms with E-state index in [9.17, 15) is 28.2 Å². The standard InChI is InChI=1S/C11H12F3N5O6/c12-11(13,14)25-24-6-5(21)3(1-20)23-9(6)19-2-16-4-7(19)17-10(15)18-8(4)22/h2-3,5-6,9,20-21H,1H2,(H3,15,17,18,22)/t3-,5?,6?,9-/m1/s1. The fraction of sp³-hybridized carbons (Fsp3) is 0.545. The predicted molar refractivity (Wildman–Crippen MR) is 71.6 cm³/mol. The normalized spacial score (nSPS) is 27.2. The van der Waals surface area contributed by atoms with Gasteiger partial charge in [0.1, 0.15) is 12.2 Å². The number of hydrogen-bond acceptors (Lipinski definition) is 9. The van der Waals surface area contributed by atoms with Gasteiger partial charge in [0, 0.05) is 0 Å². The number of alkyl halides is 3. The predicted octanol–water partition coefficient (Wildman–Crippen LogP) is -1.21. The maximum absolute atomic E-state index is 12.2. The molecular weight excluding hydrogens is 355 g/mol. The lowest BCUT2D eigenvalue weighted by molar-refractivity contribution is -0.503. The van der Waals surface area contributed by atoms with Crippen molar-refractivity contribution >= 4 is 17.1 Å². The number of aromatic nitrogens is 4. The molecule has 0 saturated carbocycles. The molecular formula is C11H12F3N5O6. The molecule has 2 unspecified atom stereocenters. The number of nitrogens with one attached hydrogen (secondary N) is 1. The van der Waals surface area contributed by atoms with Gasteiger partial charge in [0.15, 0.2) is 23.5 Å². The van der Waals surface area contributed by atoms with E-state index >= 15 is 0 Å². The minimum Gasteiger partial charge on any atom is -0.394 e. The number of halogens is 3. The number of hydrogen-bond donors (Lipinski definition) is 4. The summed E-state index contributed by atoms with van der Waals surface area (Å²) < 4.78 is 43.0. The summed E-state index contributed by atoms with van der Waals surface area (Å²) in [4.78, 5) is 29.1. The Morgan fingerprint density at radius 3 is 2.84 bits per heavy atom. The van der Waals surface area contributed by atoms with Gasteiger partial charge in [-0.05, 0) is 0 Å². The lowest BCUT2D eigenvalue weighted by Crippen LogP contribution is -2.37. The second-order valence-corrected chi connectivity index (χ2v) is 5.10. The number of anilines is 1. The highest BCUT2D eigenvalue weighted by Crippen LogP contribution is 2.34. The first-order valence-electron chi connectivity index (χ1n) is 6.79. The van der Waals surface area contributed by atoms with Crippen LogP contribution >= 0.6 is 0 Å². The van der Waals surface area contributed by atoms with E-state index < -0.39 is 43.1 Å². The van der Waals surface area contributed by atoms with Crippen molar-refractivity contribution in [2.45, 2.75) is 30.9 Å². The molecule has 3 rings (SSSR count). The van der Waals surface area contributed by atoms with Gasteiger partial charge < -0.3 is 20.7 Å². The Morgan fingerprint density at radius 2 is 2.20 bits per heavy atom. The maximum atomic E-state index is 12.2. The molecule has 4 atom stereocenters. The first-order chi connectivity index (χ1) is 11.7. The first kappa shape index (κ1) is 17.6. The Bertz CT molecular complexity index is 823. The summed E-state index contributed by atoms with van der Waals surface area (Å²) in [5.74, 6) is -0.263. The molecule has 1 saturated heterocycles. The van der Waals surface area contributed by atoms with Crippen molar-refractivity contribution < 1.29 is 37.9 Å². The summed E-state index contributed by atoms with van der Waals surface area (Å²) >= 11 is 0. The monoisotopic (exact) mass is 367 g/mol. The van der Waals surface area contributed by atoms with Gasteiger partial charge >= 0.3 is 6.36 Å². The van der Waals surface area contributed by atoms with Crippen molar-refractivity contribution in [3.63, 3.8) is 0 Å². The summed E-state index contributed by atoms with van der Waals surface area (Å²) in [7, 11) is 0. The van der Waals surface area contributed by atoms with Gasteiger partial charge in [-0.2, -0.15) is 4.98 Å². The van der Waals surface area contributed by atoms with E-state index in [-0.39, 0.29) is 17.1 Å². The van der Waals surface area contributed by atoms with E-state index in [4.69, 9.17) is 10.5 Å². The van der Waals surface area contributed by atoms with Crippen molar-refractivity contribution in [1.82, 2.24) is 19.5 Å². The molecule has 25 heavy (non-hydrogen) atoms. The molecule has 0 spiro atoms. The van der Waals surface area contributed by atoms with E-state index in [0.717, 1.165) is 10.9 Å². The Labute approximate surface area is 135 Å². The number of nitrogens with zero attached hydrogens (tertiary/aromatic N) is 3. The van der Waals surface area contributed by atoms with E-state index in [1.165, 1.54) is 0 Å². The molecule has 3 heterocycles. The number of aromatic amines is 1. The van der Waals surface area contributed by atoms with Crippen LogP contribution in [0.15, 0.2) is 11.1 Å². The van der Waals surface area contributed by atoms with Crippen LogP contribution < -0.4 is 11.3 Å². The minimum absolute atomic E-state index is 0.113. The van der Waals surface area contributed by atoms with Crippen molar-refractivity contribution in [3.05, 3.63) is 16.7 Å². The van der Waals surface area contributed by atoms with E-state index in [2.05, 4.69) is 24.7 Å². The summed E-state index contributed by atoms with van der Waals surface area (Å²) in [6.07, 6.45) is -10.1. The molecule has 14 heteroatoms. The van der Waals surface area contributed by atoms with Crippen molar-refractivity contribution in [2.24, 2.45) is 0 Å². The van der Waals surface area contributed by atoms with Crippen LogP contribution in [-0.4, -0.2) is 61.0 Å². The zero-order valence-electron chi connectivity index (χ0n) is 12.2. The summed E-state index contributed by atoms with van der Waals surface area (Å²) in [5.41, 5.74) is 4.49. The number of aliphatic hydroxyl groups is 2. The average molecular weight is 367 g/mol. The van der Waals surface area contributed by atoms with Gasteiger partial charge in [-0.15, -0.1) is 18.1 Å². The van der Waals surface area contributed by atoms with Gasteiger partial charge in [-0.3, -0.25) is 14.3 Å². The second kappa shape index (κ2) is 6.23. The largest absolute Gasteiger partial charge is 0.549 e. The SMILES string of the molecule is Nc1nc2c(ncn2[C@@H]2O[C@H](CO)C(O)C2OOC(F)(F)F)c(=O)[nH]1. The quantitative estimate of drug-likeness (QED) is 0.384. The lowest BCUT2D eigenvalue weighted by Gasteiger charge is -2.21. The van der Waals surface area contributed by atoms with Gasteiger partial charge in [-0.25, -0.2) is 9.87 Å². The molecule has 1 fully saturated rings. The van der Waals surface area contributed by atoms with Crippen LogP contribution in [0.25, 0.3) is 11.2 Å². The number of H-pyrrole nitrogens is 1. The number of rotatable bonds is 4. The summed E-state index contributed by atoms with van der Waals surface area (Å²) in [6, 6.07) is 0. The van der Waals surface area contributed by atoms with Crippen molar-refractivity contribution in [3.8, 4) is 0 Å². The van der Waals surface area contributed by atoms with E-state index in [1.54, 1.807) is 0 Å². The smallest absolute Gasteiger partial charge is 0.394 e. The maximum Gasteiger partial charge on any atom is 0.549 e. The van der Waals surface area contributed by atoms with Crippen LogP contribution in [0.3, 0.4) is 0 Å². The van der Waals surface area contributed by atoms with Crippen LogP contribution in [-0.2, 0) is 14.5 Å². The second-order valence-electron chi connectivity index (χ2n) is 5.10. The Balaban J connectivity index is 1.99. The number of imidazole rings is 1. The minimum atomic E-state index is -5.13. The number of ether oxygens (including phenoxy) is 1. The molecule has 0 radical (unpaired) electrons. The van der Waals surface area contributed by atoms with Crippen LogP contribution in [0.4, 0.5) is 19.1 Å². The zero-order valence-corrected chi connectivity index (χ0v) is 12.2. The molecule has 1 aliphatic rings. The highest BCUT2D eigenvalue weighted by atomic mass is 19.4. The first-order valence-corrected chi connectivity index (χ1v) is 6.79. The van der Waals surface area contributed by atoms with Gasteiger partial charge in [0.25, 0.3) is 5.56 Å². The van der Waals surface area contributed by atoms with Crippen LogP contribution in [0.1, 0.15) is 6.23 Å². The molecule has 11 nitrogen and oxygen atoms in total. The number of aliphatic hydroxyl groups excluding tert-OH is 2. The number of nitrogens with two attached hydrogens (primary N) is 1. The fourth-order valence-corrected chi connectivity index (χ4v) is 2.44. The molecule has 2 aromatic rings. The average Bonchev–Trinajstić information content (AvgIpc) is 3.05. The highest BCUT2D eigenvalue weighted by Gasteiger charge is 2.48. The lowest BCUT2D eigenvalue weighted by atomic mass is 10.1. The third-order valence-corrected chi connectivity index (χ3v) is 3.47. The zero-order chi connectivity index (χ0) is 18.4. The highest BCUT2D eigenvalue weighted by molar-refractivity contribution is 5.70. The molecule has 5 N–H and O–H groups in total. The topological polar surface area (TPSA) is 158 Å². The third kappa shape index (κ3) is 3.29. The van der Waals surface area contributed by atoms with E-state index in [0.29, 0.717) is 0 Å². The van der Waals surface area contributed by atoms with Crippen LogP contribution in [0.5, 0.6) is 0 Å². The molecule has 0 aromatic carbocycles. The summed E-state index contributed by atoms with van der Waals surface area (Å²) in [6.45, 7) is -0.702. The Kier molecular flexibility index (Phi) is 4.38. The molecule has 0 amide bonds. The van der Waals surface area contributed by atoms with Gasteiger partial charge in [0.05, 0.1) is 12.9 Å². The summed E-state index contributed by atoms with van der Waals surface area (Å²) in [5, 5.41) is 19.2. The van der Waals surface area contributed by atoms with Crippen molar-refractivity contribution in [2.75, 3.05) is 12.3 Å². The Morgan fingerprint density at radius 1 is 1.48 bits per heavy atom. The molecule has 0 aliphatic carbocycles. The number of fused-ring (bicyclic) bond motifs is 1. The molecule has 0 bridgehead atoms. The Hall–Kier alpha value is -2.26. The van der Waals surface area contributed by atoms with Gasteiger partial charge in [-0.1, -0.05) is 0 Å². The van der Waals surface area contributed by atoms with Crippen LogP contribution in [0, 0.1) is 0 Å². The van der Waals surface area contributed by atoms with Crippen molar-refractivity contribution in [1.29, 1.82) is 0 Å². The fourth-order valence-electron chi connectivity index (χ4n) is 2.44. The van der Waals surface area contributed by atoms with Crippen LogP contribution in [0.2, 0.25) is 0 Å². The van der Waals surface area contributed by atoms with Gasteiger partial charge in [0.2, 0.25) is 5.95 Å².